The summed E-state index contributed by atoms with van der Waals surface area (Å²) >= 11 is 0. The van der Waals surface area contributed by atoms with E-state index in [0.717, 1.165) is 6.42 Å². The lowest BCUT2D eigenvalue weighted by Crippen LogP contribution is -2.17. The number of rotatable bonds is 4. The summed E-state index contributed by atoms with van der Waals surface area (Å²) in [6.45, 7) is 3.33. The van der Waals surface area contributed by atoms with Crippen LogP contribution in [0.25, 0.3) is 0 Å². The lowest BCUT2D eigenvalue weighted by atomic mass is 10.3. The molecule has 1 aliphatic heterocycles. The Balaban J connectivity index is 1.94. The third-order valence-corrected chi connectivity index (χ3v) is 2.30. The summed E-state index contributed by atoms with van der Waals surface area (Å²) in [4.78, 5) is 19.2. The molecule has 1 atom stereocenters. The van der Waals surface area contributed by atoms with E-state index in [2.05, 4.69) is 9.97 Å². The molecule has 92 valence electrons. The van der Waals surface area contributed by atoms with Crippen LogP contribution in [-0.4, -0.2) is 41.9 Å². The summed E-state index contributed by atoms with van der Waals surface area (Å²) in [5, 5.41) is 0. The van der Waals surface area contributed by atoms with Crippen molar-refractivity contribution in [1.82, 2.24) is 9.97 Å². The van der Waals surface area contributed by atoms with Crippen LogP contribution >= 0.6 is 0 Å². The molecule has 0 radical (unpaired) electrons. The number of carbonyl (C=O) groups is 1. The van der Waals surface area contributed by atoms with E-state index in [-0.39, 0.29) is 12.1 Å². The molecule has 6 heteroatoms. The van der Waals surface area contributed by atoms with E-state index in [9.17, 15) is 4.79 Å². The first-order valence-corrected chi connectivity index (χ1v) is 5.53. The Morgan fingerprint density at radius 1 is 1.53 bits per heavy atom. The minimum atomic E-state index is -0.428. The average molecular weight is 238 g/mol. The largest absolute Gasteiger partial charge is 0.462 e. The number of ether oxygens (including phenoxy) is 3. The molecule has 17 heavy (non-hydrogen) atoms. The maximum absolute atomic E-state index is 11.3. The van der Waals surface area contributed by atoms with Crippen molar-refractivity contribution in [2.75, 3.05) is 19.8 Å². The fraction of sp³-hybridized carbons (Fsp3) is 0.545. The smallest absolute Gasteiger partial charge is 0.341 e. The van der Waals surface area contributed by atoms with Crippen LogP contribution in [0.15, 0.2) is 12.4 Å². The Labute approximate surface area is 98.9 Å². The van der Waals surface area contributed by atoms with Crippen LogP contribution in [-0.2, 0) is 9.47 Å². The molecule has 0 saturated carbocycles. The second kappa shape index (κ2) is 5.58. The standard InChI is InChI=1S/C11H14N2O4/c1-2-16-10(14)8-5-12-11(13-6-8)17-9-3-4-15-7-9/h5-6,9H,2-4,7H2,1H3/t9-/m1/s1. The summed E-state index contributed by atoms with van der Waals surface area (Å²) < 4.78 is 15.5. The molecule has 0 aromatic carbocycles. The summed E-state index contributed by atoms with van der Waals surface area (Å²) in [6.07, 6.45) is 3.64. The van der Waals surface area contributed by atoms with E-state index >= 15 is 0 Å². The molecular weight excluding hydrogens is 224 g/mol. The third-order valence-electron chi connectivity index (χ3n) is 2.30. The molecule has 1 aromatic rings. The number of hydrogen-bond donors (Lipinski definition) is 0. The van der Waals surface area contributed by atoms with Crippen LogP contribution in [0.2, 0.25) is 0 Å². The van der Waals surface area contributed by atoms with Gasteiger partial charge >= 0.3 is 12.0 Å². The summed E-state index contributed by atoms with van der Waals surface area (Å²) in [6, 6.07) is 0.258. The summed E-state index contributed by atoms with van der Waals surface area (Å²) in [7, 11) is 0. The predicted octanol–water partition coefficient (Wildman–Crippen LogP) is 0.821. The van der Waals surface area contributed by atoms with Gasteiger partial charge in [0.2, 0.25) is 0 Å². The quantitative estimate of drug-likeness (QED) is 0.723. The molecule has 2 heterocycles. The van der Waals surface area contributed by atoms with E-state index in [1.54, 1.807) is 6.92 Å². The Morgan fingerprint density at radius 3 is 2.88 bits per heavy atom. The van der Waals surface area contributed by atoms with E-state index < -0.39 is 5.97 Å². The van der Waals surface area contributed by atoms with Gasteiger partial charge in [0, 0.05) is 18.8 Å². The molecule has 1 fully saturated rings. The first-order chi connectivity index (χ1) is 8.29. The van der Waals surface area contributed by atoms with Crippen LogP contribution in [0.3, 0.4) is 0 Å². The number of esters is 1. The van der Waals surface area contributed by atoms with Crippen molar-refractivity contribution in [2.45, 2.75) is 19.4 Å². The van der Waals surface area contributed by atoms with E-state index in [1.165, 1.54) is 12.4 Å². The van der Waals surface area contributed by atoms with Crippen molar-refractivity contribution in [1.29, 1.82) is 0 Å². The molecular formula is C11H14N2O4. The fourth-order valence-electron chi connectivity index (χ4n) is 1.45. The van der Waals surface area contributed by atoms with Crippen LogP contribution < -0.4 is 4.74 Å². The van der Waals surface area contributed by atoms with Gasteiger partial charge in [-0.1, -0.05) is 0 Å². The van der Waals surface area contributed by atoms with Gasteiger partial charge in [0.15, 0.2) is 0 Å². The van der Waals surface area contributed by atoms with E-state index in [0.29, 0.717) is 25.4 Å². The molecule has 1 aromatic heterocycles. The first-order valence-electron chi connectivity index (χ1n) is 5.53. The zero-order valence-corrected chi connectivity index (χ0v) is 9.59. The maximum atomic E-state index is 11.3. The molecule has 1 aliphatic rings. The zero-order chi connectivity index (χ0) is 12.1. The monoisotopic (exact) mass is 238 g/mol. The van der Waals surface area contributed by atoms with Crippen molar-refractivity contribution < 1.29 is 19.0 Å². The van der Waals surface area contributed by atoms with Crippen LogP contribution in [0.5, 0.6) is 6.01 Å². The lowest BCUT2D eigenvalue weighted by Gasteiger charge is -2.09. The van der Waals surface area contributed by atoms with Crippen LogP contribution in [0.4, 0.5) is 0 Å². The van der Waals surface area contributed by atoms with Crippen molar-refractivity contribution in [2.24, 2.45) is 0 Å². The van der Waals surface area contributed by atoms with Gasteiger partial charge in [-0.25, -0.2) is 14.8 Å². The molecule has 6 nitrogen and oxygen atoms in total. The minimum Gasteiger partial charge on any atom is -0.462 e. The highest BCUT2D eigenvalue weighted by Gasteiger charge is 2.18. The van der Waals surface area contributed by atoms with Gasteiger partial charge in [-0.3, -0.25) is 0 Å². The molecule has 0 amide bonds. The van der Waals surface area contributed by atoms with Gasteiger partial charge < -0.3 is 14.2 Å². The van der Waals surface area contributed by atoms with Gasteiger partial charge in [-0.05, 0) is 6.92 Å². The summed E-state index contributed by atoms with van der Waals surface area (Å²) in [5.74, 6) is -0.428. The first kappa shape index (κ1) is 11.8. The van der Waals surface area contributed by atoms with Crippen LogP contribution in [0, 0.1) is 0 Å². The Kier molecular flexibility index (Phi) is 3.87. The topological polar surface area (TPSA) is 70.5 Å². The lowest BCUT2D eigenvalue weighted by molar-refractivity contribution is 0.0525. The molecule has 0 bridgehead atoms. The van der Waals surface area contributed by atoms with Gasteiger partial charge in [-0.15, -0.1) is 0 Å². The third kappa shape index (κ3) is 3.13. The van der Waals surface area contributed by atoms with E-state index in [4.69, 9.17) is 14.2 Å². The van der Waals surface area contributed by atoms with Crippen molar-refractivity contribution >= 4 is 5.97 Å². The Morgan fingerprint density at radius 2 is 2.29 bits per heavy atom. The molecule has 1 saturated heterocycles. The average Bonchev–Trinajstić information content (AvgIpc) is 2.83. The Hall–Kier alpha value is -1.69. The highest BCUT2D eigenvalue weighted by Crippen LogP contribution is 2.12. The molecule has 2 rings (SSSR count). The fourth-order valence-corrected chi connectivity index (χ4v) is 1.45. The van der Waals surface area contributed by atoms with Crippen molar-refractivity contribution in [3.63, 3.8) is 0 Å². The highest BCUT2D eigenvalue weighted by molar-refractivity contribution is 5.88. The second-order valence-electron chi connectivity index (χ2n) is 3.58. The molecule has 0 spiro atoms. The second-order valence-corrected chi connectivity index (χ2v) is 3.58. The predicted molar refractivity (Wildman–Crippen MR) is 57.8 cm³/mol. The zero-order valence-electron chi connectivity index (χ0n) is 9.59. The molecule has 0 aliphatic carbocycles. The number of hydrogen-bond acceptors (Lipinski definition) is 6. The Bertz CT molecular complexity index is 374. The summed E-state index contributed by atoms with van der Waals surface area (Å²) in [5.41, 5.74) is 0.321. The van der Waals surface area contributed by atoms with Gasteiger partial charge in [-0.2, -0.15) is 0 Å². The van der Waals surface area contributed by atoms with Gasteiger partial charge in [0.25, 0.3) is 0 Å². The number of aromatic nitrogens is 2. The number of nitrogens with zero attached hydrogens (tertiary/aromatic N) is 2. The van der Waals surface area contributed by atoms with Crippen LogP contribution in [0.1, 0.15) is 23.7 Å². The number of carbonyl (C=O) groups excluding carboxylic acids is 1. The molecule has 0 unspecified atom stereocenters. The maximum Gasteiger partial charge on any atom is 0.341 e. The molecule has 0 N–H and O–H groups in total. The highest BCUT2D eigenvalue weighted by atomic mass is 16.6. The van der Waals surface area contributed by atoms with E-state index in [1.807, 2.05) is 0 Å². The van der Waals surface area contributed by atoms with Gasteiger partial charge in [0.1, 0.15) is 6.10 Å². The van der Waals surface area contributed by atoms with Gasteiger partial charge in [0.05, 0.1) is 25.4 Å². The van der Waals surface area contributed by atoms with Crippen molar-refractivity contribution in [3.8, 4) is 6.01 Å². The minimum absolute atomic E-state index is 0.00319. The SMILES string of the molecule is CCOC(=O)c1cnc(O[C@@H]2CCOC2)nc1. The normalized spacial score (nSPS) is 19.0. The van der Waals surface area contributed by atoms with Crippen molar-refractivity contribution in [3.05, 3.63) is 18.0 Å².